The average Bonchev–Trinajstić information content (AvgIpc) is 2.78. The lowest BCUT2D eigenvalue weighted by Crippen LogP contribution is -2.04. The molecule has 0 aliphatic carbocycles. The Bertz CT molecular complexity index is 537. The number of rotatable bonds is 3. The van der Waals surface area contributed by atoms with E-state index in [9.17, 15) is 4.79 Å². The minimum Gasteiger partial charge on any atom is -0.461 e. The van der Waals surface area contributed by atoms with Crippen LogP contribution in [0, 0.1) is 0 Å². The molecule has 0 aliphatic rings. The third-order valence-corrected chi connectivity index (χ3v) is 3.01. The number of carbonyl (C=O) groups is 1. The largest absolute Gasteiger partial charge is 0.461 e. The predicted molar refractivity (Wildman–Crippen MR) is 67.9 cm³/mol. The molecule has 1 heterocycles. The zero-order valence-corrected chi connectivity index (χ0v) is 10.2. The van der Waals surface area contributed by atoms with Gasteiger partial charge in [0.25, 0.3) is 0 Å². The van der Waals surface area contributed by atoms with Gasteiger partial charge in [-0.25, -0.2) is 9.78 Å². The van der Waals surface area contributed by atoms with Crippen LogP contribution in [-0.2, 0) is 4.74 Å². The van der Waals surface area contributed by atoms with Crippen LogP contribution in [0.25, 0.3) is 10.6 Å². The Morgan fingerprint density at radius 3 is 3.06 bits per heavy atom. The van der Waals surface area contributed by atoms with Gasteiger partial charge in [-0.1, -0.05) is 12.1 Å². The van der Waals surface area contributed by atoms with E-state index in [0.717, 1.165) is 10.6 Å². The Kier molecular flexibility index (Phi) is 3.39. The van der Waals surface area contributed by atoms with Gasteiger partial charge >= 0.3 is 5.97 Å². The first-order valence-corrected chi connectivity index (χ1v) is 6.07. The summed E-state index contributed by atoms with van der Waals surface area (Å²) in [5.74, 6) is -0.390. The van der Waals surface area contributed by atoms with Crippen molar-refractivity contribution in [1.29, 1.82) is 0 Å². The van der Waals surface area contributed by atoms with E-state index in [1.54, 1.807) is 12.3 Å². The molecule has 2 N–H and O–H groups in total. The van der Waals surface area contributed by atoms with Gasteiger partial charge in [-0.05, 0) is 19.1 Å². The van der Waals surface area contributed by atoms with Crippen molar-refractivity contribution in [2.45, 2.75) is 6.92 Å². The maximum absolute atomic E-state index is 11.5. The van der Waals surface area contributed by atoms with E-state index in [2.05, 4.69) is 4.98 Å². The van der Waals surface area contributed by atoms with Crippen LogP contribution in [0.3, 0.4) is 0 Å². The van der Waals surface area contributed by atoms with E-state index in [0.29, 0.717) is 18.0 Å². The van der Waals surface area contributed by atoms with Gasteiger partial charge in [0.05, 0.1) is 6.61 Å². The summed E-state index contributed by atoms with van der Waals surface area (Å²) >= 11 is 1.40. The molecule has 1 aromatic heterocycles. The van der Waals surface area contributed by atoms with Crippen molar-refractivity contribution in [3.05, 3.63) is 35.3 Å². The topological polar surface area (TPSA) is 65.2 Å². The first kappa shape index (κ1) is 11.6. The fraction of sp³-hybridized carbons (Fsp3) is 0.167. The molecule has 5 heteroatoms. The number of nitrogen functional groups attached to an aromatic ring is 1. The van der Waals surface area contributed by atoms with Crippen LogP contribution in [0.15, 0.2) is 29.6 Å². The average molecular weight is 248 g/mol. The van der Waals surface area contributed by atoms with Gasteiger partial charge in [0.15, 0.2) is 5.69 Å². The van der Waals surface area contributed by atoms with Gasteiger partial charge in [-0.3, -0.25) is 0 Å². The van der Waals surface area contributed by atoms with Crippen molar-refractivity contribution in [3.8, 4) is 10.6 Å². The molecule has 88 valence electrons. The maximum atomic E-state index is 11.5. The number of hydrogen-bond donors (Lipinski definition) is 1. The lowest BCUT2D eigenvalue weighted by molar-refractivity contribution is 0.0520. The van der Waals surface area contributed by atoms with Crippen molar-refractivity contribution < 1.29 is 9.53 Å². The van der Waals surface area contributed by atoms with Crippen LogP contribution in [0.5, 0.6) is 0 Å². The molecule has 0 amide bonds. The molecular formula is C12H12N2O2S. The molecule has 0 fully saturated rings. The molecule has 17 heavy (non-hydrogen) atoms. The third kappa shape index (κ3) is 2.62. The zero-order valence-electron chi connectivity index (χ0n) is 9.34. The van der Waals surface area contributed by atoms with Crippen molar-refractivity contribution in [1.82, 2.24) is 4.98 Å². The molecule has 2 rings (SSSR count). The van der Waals surface area contributed by atoms with Gasteiger partial charge in [-0.15, -0.1) is 11.3 Å². The van der Waals surface area contributed by atoms with E-state index < -0.39 is 0 Å². The van der Waals surface area contributed by atoms with E-state index in [1.807, 2.05) is 24.3 Å². The SMILES string of the molecule is CCOC(=O)c1csc(-c2cccc(N)c2)n1. The molecular weight excluding hydrogens is 236 g/mol. The molecule has 1 aromatic carbocycles. The van der Waals surface area contributed by atoms with Crippen LogP contribution in [0.2, 0.25) is 0 Å². The predicted octanol–water partition coefficient (Wildman–Crippen LogP) is 2.57. The molecule has 0 bridgehead atoms. The number of ether oxygens (including phenoxy) is 1. The minimum absolute atomic E-state index is 0.342. The van der Waals surface area contributed by atoms with E-state index in [-0.39, 0.29) is 5.97 Å². The molecule has 0 radical (unpaired) electrons. The fourth-order valence-corrected chi connectivity index (χ4v) is 2.16. The standard InChI is InChI=1S/C12H12N2O2S/c1-2-16-12(15)10-7-17-11(14-10)8-4-3-5-9(13)6-8/h3-7H,2,13H2,1H3. The van der Waals surface area contributed by atoms with E-state index in [4.69, 9.17) is 10.5 Å². The minimum atomic E-state index is -0.390. The molecule has 0 spiro atoms. The maximum Gasteiger partial charge on any atom is 0.357 e. The van der Waals surface area contributed by atoms with Crippen molar-refractivity contribution in [2.24, 2.45) is 0 Å². The Morgan fingerprint density at radius 2 is 2.35 bits per heavy atom. The summed E-state index contributed by atoms with van der Waals surface area (Å²) in [6.07, 6.45) is 0. The van der Waals surface area contributed by atoms with Gasteiger partial charge in [0, 0.05) is 16.6 Å². The second-order valence-electron chi connectivity index (χ2n) is 3.38. The summed E-state index contributed by atoms with van der Waals surface area (Å²) in [7, 11) is 0. The van der Waals surface area contributed by atoms with Gasteiger partial charge in [0.2, 0.25) is 0 Å². The van der Waals surface area contributed by atoms with Crippen LogP contribution in [0.1, 0.15) is 17.4 Å². The van der Waals surface area contributed by atoms with Crippen LogP contribution in [-0.4, -0.2) is 17.6 Å². The first-order chi connectivity index (χ1) is 8.20. The van der Waals surface area contributed by atoms with Crippen LogP contribution < -0.4 is 5.73 Å². The number of hydrogen-bond acceptors (Lipinski definition) is 5. The highest BCUT2D eigenvalue weighted by molar-refractivity contribution is 7.13. The van der Waals surface area contributed by atoms with Crippen molar-refractivity contribution >= 4 is 23.0 Å². The van der Waals surface area contributed by atoms with Crippen LogP contribution >= 0.6 is 11.3 Å². The lowest BCUT2D eigenvalue weighted by atomic mass is 10.2. The number of esters is 1. The van der Waals surface area contributed by atoms with Crippen molar-refractivity contribution in [3.63, 3.8) is 0 Å². The Balaban J connectivity index is 2.27. The molecule has 0 unspecified atom stereocenters. The van der Waals surface area contributed by atoms with Gasteiger partial charge in [-0.2, -0.15) is 0 Å². The summed E-state index contributed by atoms with van der Waals surface area (Å²) in [5, 5.41) is 2.46. The second-order valence-corrected chi connectivity index (χ2v) is 4.24. The van der Waals surface area contributed by atoms with Gasteiger partial charge < -0.3 is 10.5 Å². The molecule has 0 aliphatic heterocycles. The summed E-state index contributed by atoms with van der Waals surface area (Å²) in [4.78, 5) is 15.7. The number of benzene rings is 1. The summed E-state index contributed by atoms with van der Waals surface area (Å²) < 4.78 is 4.88. The Labute approximate surface area is 103 Å². The summed E-state index contributed by atoms with van der Waals surface area (Å²) in [6.45, 7) is 2.12. The molecule has 0 saturated carbocycles. The molecule has 0 atom stereocenters. The van der Waals surface area contributed by atoms with Crippen molar-refractivity contribution in [2.75, 3.05) is 12.3 Å². The number of carbonyl (C=O) groups excluding carboxylic acids is 1. The Morgan fingerprint density at radius 1 is 1.53 bits per heavy atom. The molecule has 4 nitrogen and oxygen atoms in total. The summed E-state index contributed by atoms with van der Waals surface area (Å²) in [5.41, 5.74) is 7.62. The van der Waals surface area contributed by atoms with E-state index in [1.165, 1.54) is 11.3 Å². The number of nitrogens with zero attached hydrogens (tertiary/aromatic N) is 1. The number of nitrogens with two attached hydrogens (primary N) is 1. The van der Waals surface area contributed by atoms with Gasteiger partial charge in [0.1, 0.15) is 5.01 Å². The van der Waals surface area contributed by atoms with E-state index >= 15 is 0 Å². The number of anilines is 1. The molecule has 2 aromatic rings. The number of aromatic nitrogens is 1. The lowest BCUT2D eigenvalue weighted by Gasteiger charge is -1.98. The normalized spacial score (nSPS) is 10.2. The highest BCUT2D eigenvalue weighted by Gasteiger charge is 2.12. The highest BCUT2D eigenvalue weighted by atomic mass is 32.1. The first-order valence-electron chi connectivity index (χ1n) is 5.19. The molecule has 0 saturated heterocycles. The summed E-state index contributed by atoms with van der Waals surface area (Å²) in [6, 6.07) is 7.40. The highest BCUT2D eigenvalue weighted by Crippen LogP contribution is 2.25. The monoisotopic (exact) mass is 248 g/mol. The zero-order chi connectivity index (χ0) is 12.3. The quantitative estimate of drug-likeness (QED) is 0.669. The third-order valence-electron chi connectivity index (χ3n) is 2.12. The smallest absolute Gasteiger partial charge is 0.357 e. The second kappa shape index (κ2) is 4.97. The number of thiazole rings is 1. The Hall–Kier alpha value is -1.88. The fourth-order valence-electron chi connectivity index (χ4n) is 1.38. The van der Waals surface area contributed by atoms with Crippen LogP contribution in [0.4, 0.5) is 5.69 Å².